The maximum atomic E-state index is 11.8. The molecule has 96 valence electrons. The number of fused-ring (bicyclic) bond motifs is 1. The largest absolute Gasteiger partial charge is 0.384 e. The summed E-state index contributed by atoms with van der Waals surface area (Å²) >= 11 is 0. The zero-order valence-electron chi connectivity index (χ0n) is 10.2. The van der Waals surface area contributed by atoms with E-state index in [0.29, 0.717) is 18.7 Å². The van der Waals surface area contributed by atoms with Gasteiger partial charge < -0.3 is 5.73 Å². The molecule has 0 spiro atoms. The highest BCUT2D eigenvalue weighted by Crippen LogP contribution is 2.27. The van der Waals surface area contributed by atoms with Crippen LogP contribution >= 0.6 is 0 Å². The van der Waals surface area contributed by atoms with E-state index in [9.17, 15) is 9.59 Å². The normalized spacial score (nSPS) is 19.5. The molecule has 19 heavy (non-hydrogen) atoms. The molecule has 1 aliphatic heterocycles. The number of anilines is 1. The van der Waals surface area contributed by atoms with Gasteiger partial charge in [-0.3, -0.25) is 14.9 Å². The molecule has 2 heterocycles. The minimum absolute atomic E-state index is 0.198. The number of carbonyl (C=O) groups is 2. The average Bonchev–Trinajstić information content (AvgIpc) is 2.38. The Hall–Kier alpha value is -2.43. The fourth-order valence-electron chi connectivity index (χ4n) is 2.41. The minimum Gasteiger partial charge on any atom is -0.384 e. The van der Waals surface area contributed by atoms with Crippen LogP contribution < -0.4 is 11.1 Å². The molecule has 1 aliphatic rings. The van der Waals surface area contributed by atoms with Gasteiger partial charge in [0.15, 0.2) is 0 Å². The summed E-state index contributed by atoms with van der Waals surface area (Å²) in [5, 5.41) is 4.30. The van der Waals surface area contributed by atoms with Crippen molar-refractivity contribution >= 4 is 28.4 Å². The van der Waals surface area contributed by atoms with Gasteiger partial charge in [0.05, 0.1) is 5.92 Å². The zero-order chi connectivity index (χ0) is 13.4. The topological polar surface area (TPSA) is 85.1 Å². The molecule has 5 heteroatoms. The molecule has 1 fully saturated rings. The van der Waals surface area contributed by atoms with Crippen molar-refractivity contribution in [2.45, 2.75) is 18.8 Å². The molecule has 0 radical (unpaired) electrons. The predicted molar refractivity (Wildman–Crippen MR) is 71.3 cm³/mol. The first kappa shape index (κ1) is 11.6. The number of pyridine rings is 1. The highest BCUT2D eigenvalue weighted by Gasteiger charge is 2.27. The van der Waals surface area contributed by atoms with Crippen molar-refractivity contribution in [3.8, 4) is 0 Å². The van der Waals surface area contributed by atoms with Crippen LogP contribution in [-0.2, 0) is 9.59 Å². The quantitative estimate of drug-likeness (QED) is 0.753. The summed E-state index contributed by atoms with van der Waals surface area (Å²) in [6.07, 6.45) is 2.63. The van der Waals surface area contributed by atoms with Crippen LogP contribution in [0.3, 0.4) is 0 Å². The number of amides is 2. The Bertz CT molecular complexity index is 681. The molecular weight excluding hydrogens is 242 g/mol. The summed E-state index contributed by atoms with van der Waals surface area (Å²) in [7, 11) is 0. The molecule has 2 amide bonds. The first-order valence-electron chi connectivity index (χ1n) is 6.12. The molecule has 0 bridgehead atoms. The molecule has 1 unspecified atom stereocenters. The van der Waals surface area contributed by atoms with Crippen LogP contribution in [-0.4, -0.2) is 16.8 Å². The van der Waals surface area contributed by atoms with Crippen LogP contribution in [0.25, 0.3) is 10.8 Å². The van der Waals surface area contributed by atoms with Gasteiger partial charge in [-0.1, -0.05) is 12.1 Å². The van der Waals surface area contributed by atoms with Crippen molar-refractivity contribution < 1.29 is 9.59 Å². The summed E-state index contributed by atoms with van der Waals surface area (Å²) in [5.74, 6) is -0.212. The van der Waals surface area contributed by atoms with E-state index in [-0.39, 0.29) is 17.7 Å². The van der Waals surface area contributed by atoms with Crippen LogP contribution in [0.2, 0.25) is 0 Å². The Morgan fingerprint density at radius 2 is 2.05 bits per heavy atom. The first-order valence-corrected chi connectivity index (χ1v) is 6.12. The summed E-state index contributed by atoms with van der Waals surface area (Å²) in [6.45, 7) is 0. The standard InChI is InChI=1S/C14H13N3O2/c15-12-6-8-1-2-9(5-10(8)7-16-12)11-3-4-13(18)17-14(11)19/h1-2,5-7,11H,3-4H2,(H2,15,16)(H,17,18,19). The molecule has 1 aromatic carbocycles. The maximum absolute atomic E-state index is 11.8. The highest BCUT2D eigenvalue weighted by molar-refractivity contribution is 6.01. The number of rotatable bonds is 1. The van der Waals surface area contributed by atoms with Crippen LogP contribution in [0.15, 0.2) is 30.5 Å². The lowest BCUT2D eigenvalue weighted by atomic mass is 9.89. The second kappa shape index (κ2) is 4.35. The Morgan fingerprint density at radius 1 is 1.21 bits per heavy atom. The second-order valence-electron chi connectivity index (χ2n) is 4.72. The van der Waals surface area contributed by atoms with Gasteiger partial charge in [-0.2, -0.15) is 0 Å². The van der Waals surface area contributed by atoms with Gasteiger partial charge in [-0.15, -0.1) is 0 Å². The lowest BCUT2D eigenvalue weighted by Crippen LogP contribution is -2.39. The Morgan fingerprint density at radius 3 is 2.84 bits per heavy atom. The molecule has 2 aromatic rings. The van der Waals surface area contributed by atoms with E-state index >= 15 is 0 Å². The van der Waals surface area contributed by atoms with E-state index < -0.39 is 0 Å². The van der Waals surface area contributed by atoms with Crippen molar-refractivity contribution in [3.63, 3.8) is 0 Å². The molecule has 1 atom stereocenters. The minimum atomic E-state index is -0.264. The van der Waals surface area contributed by atoms with Crippen LogP contribution in [0.4, 0.5) is 5.82 Å². The number of nitrogens with two attached hydrogens (primary N) is 1. The van der Waals surface area contributed by atoms with Crippen molar-refractivity contribution in [1.82, 2.24) is 10.3 Å². The monoisotopic (exact) mass is 255 g/mol. The Kier molecular flexibility index (Phi) is 2.67. The van der Waals surface area contributed by atoms with Gasteiger partial charge in [-0.05, 0) is 29.5 Å². The van der Waals surface area contributed by atoms with E-state index in [0.717, 1.165) is 16.3 Å². The number of nitrogens with one attached hydrogen (secondary N) is 1. The molecule has 0 saturated carbocycles. The molecule has 3 N–H and O–H groups in total. The third-order valence-electron chi connectivity index (χ3n) is 3.41. The number of aromatic nitrogens is 1. The number of piperidine rings is 1. The van der Waals surface area contributed by atoms with Crippen molar-refractivity contribution in [2.75, 3.05) is 5.73 Å². The van der Waals surface area contributed by atoms with Crippen molar-refractivity contribution in [1.29, 1.82) is 0 Å². The van der Waals surface area contributed by atoms with Crippen LogP contribution in [0, 0.1) is 0 Å². The first-order chi connectivity index (χ1) is 9.13. The molecule has 3 rings (SSSR count). The fourth-order valence-corrected chi connectivity index (χ4v) is 2.41. The lowest BCUT2D eigenvalue weighted by Gasteiger charge is -2.21. The van der Waals surface area contributed by atoms with Gasteiger partial charge in [0.25, 0.3) is 0 Å². The Labute approximate surface area is 109 Å². The van der Waals surface area contributed by atoms with Gasteiger partial charge in [0.1, 0.15) is 5.82 Å². The van der Waals surface area contributed by atoms with E-state index in [1.54, 1.807) is 12.3 Å². The van der Waals surface area contributed by atoms with Gasteiger partial charge in [-0.25, -0.2) is 4.98 Å². The predicted octanol–water partition coefficient (Wildman–Crippen LogP) is 1.34. The smallest absolute Gasteiger partial charge is 0.234 e. The number of nitrogens with zero attached hydrogens (tertiary/aromatic N) is 1. The summed E-state index contributed by atoms with van der Waals surface area (Å²) < 4.78 is 0. The lowest BCUT2D eigenvalue weighted by molar-refractivity contribution is -0.134. The van der Waals surface area contributed by atoms with Gasteiger partial charge in [0, 0.05) is 18.0 Å². The third-order valence-corrected chi connectivity index (χ3v) is 3.41. The third kappa shape index (κ3) is 2.14. The average molecular weight is 255 g/mol. The fraction of sp³-hybridized carbons (Fsp3) is 0.214. The van der Waals surface area contributed by atoms with Crippen molar-refractivity contribution in [3.05, 3.63) is 36.0 Å². The molecule has 0 aliphatic carbocycles. The second-order valence-corrected chi connectivity index (χ2v) is 4.72. The van der Waals surface area contributed by atoms with E-state index in [2.05, 4.69) is 10.3 Å². The van der Waals surface area contributed by atoms with Gasteiger partial charge >= 0.3 is 0 Å². The number of nitrogen functional groups attached to an aromatic ring is 1. The maximum Gasteiger partial charge on any atom is 0.234 e. The summed E-state index contributed by atoms with van der Waals surface area (Å²) in [5.41, 5.74) is 6.54. The van der Waals surface area contributed by atoms with E-state index in [1.165, 1.54) is 0 Å². The number of hydrogen-bond acceptors (Lipinski definition) is 4. The number of imide groups is 1. The van der Waals surface area contributed by atoms with E-state index in [4.69, 9.17) is 5.73 Å². The number of carbonyl (C=O) groups excluding carboxylic acids is 2. The van der Waals surface area contributed by atoms with Crippen molar-refractivity contribution in [2.24, 2.45) is 0 Å². The SMILES string of the molecule is Nc1cc2ccc(C3CCC(=O)NC3=O)cc2cn1. The Balaban J connectivity index is 1.99. The number of hydrogen-bond donors (Lipinski definition) is 2. The molecule has 1 saturated heterocycles. The molecule has 5 nitrogen and oxygen atoms in total. The molecule has 1 aromatic heterocycles. The summed E-state index contributed by atoms with van der Waals surface area (Å²) in [4.78, 5) is 27.0. The number of benzene rings is 1. The van der Waals surface area contributed by atoms with E-state index in [1.807, 2.05) is 18.2 Å². The van der Waals surface area contributed by atoms with Crippen LogP contribution in [0.5, 0.6) is 0 Å². The van der Waals surface area contributed by atoms with Gasteiger partial charge in [0.2, 0.25) is 11.8 Å². The van der Waals surface area contributed by atoms with Crippen LogP contribution in [0.1, 0.15) is 24.3 Å². The summed E-state index contributed by atoms with van der Waals surface area (Å²) in [6, 6.07) is 7.56. The molecular formula is C14H13N3O2. The highest BCUT2D eigenvalue weighted by atomic mass is 16.2. The zero-order valence-corrected chi connectivity index (χ0v) is 10.2.